The van der Waals surface area contributed by atoms with Crippen molar-refractivity contribution in [2.45, 2.75) is 27.7 Å². The van der Waals surface area contributed by atoms with Gasteiger partial charge in [0.15, 0.2) is 0 Å². The summed E-state index contributed by atoms with van der Waals surface area (Å²) < 4.78 is 1.64. The molecule has 0 N–H and O–H groups in total. The van der Waals surface area contributed by atoms with Crippen LogP contribution in [0.15, 0.2) is 20.0 Å². The zero-order chi connectivity index (χ0) is 7.89. The van der Waals surface area contributed by atoms with Crippen molar-refractivity contribution >= 4 is 0 Å². The van der Waals surface area contributed by atoms with Crippen LogP contribution in [0.1, 0.15) is 27.7 Å². The van der Waals surface area contributed by atoms with Gasteiger partial charge in [0.25, 0.3) is 0 Å². The van der Waals surface area contributed by atoms with E-state index in [1.165, 1.54) is 5.57 Å². The van der Waals surface area contributed by atoms with E-state index in [0.29, 0.717) is 0 Å². The Balaban J connectivity index is 0. The van der Waals surface area contributed by atoms with Crippen molar-refractivity contribution in [1.82, 2.24) is 0 Å². The van der Waals surface area contributed by atoms with Crippen LogP contribution in [0.2, 0.25) is 0 Å². The average molecular weight is 283 g/mol. The Morgan fingerprint density at radius 1 is 1.00 bits per heavy atom. The van der Waals surface area contributed by atoms with E-state index in [1.54, 1.807) is 39.1 Å². The second kappa shape index (κ2) is 5.63. The molecule has 0 bridgehead atoms. The fourth-order valence-electron chi connectivity index (χ4n) is 1.36. The monoisotopic (exact) mass is 281 g/mol. The minimum atomic E-state index is 0. The molecule has 1 atom stereocenters. The van der Waals surface area contributed by atoms with Crippen LogP contribution in [0.25, 0.3) is 0 Å². The standard InChI is InChI=1S/C9H13.2ClH.Zr/c1-6-5-7(2)9(4)8(6)3;;;/h6H,1-4H3;2*1H;/q;;;+2/p-2. The summed E-state index contributed by atoms with van der Waals surface area (Å²) in [6.45, 7) is 9.03. The Morgan fingerprint density at radius 3 is 1.50 bits per heavy atom. The number of allylic oxidation sites excluding steroid dienone is 4. The summed E-state index contributed by atoms with van der Waals surface area (Å²) in [7, 11) is 0. The molecule has 0 heterocycles. The zero-order valence-electron chi connectivity index (χ0n) is 7.83. The van der Waals surface area contributed by atoms with Gasteiger partial charge in [-0.1, -0.05) is 0 Å². The van der Waals surface area contributed by atoms with Crippen molar-refractivity contribution in [3.8, 4) is 0 Å². The molecule has 0 aromatic carbocycles. The molecule has 3 heteroatoms. The van der Waals surface area contributed by atoms with Gasteiger partial charge < -0.3 is 24.8 Å². The molecule has 0 saturated heterocycles. The van der Waals surface area contributed by atoms with E-state index in [0.717, 1.165) is 5.92 Å². The maximum atomic E-state index is 2.30. The minimum Gasteiger partial charge on any atom is -1.00 e. The van der Waals surface area contributed by atoms with E-state index >= 15 is 0 Å². The molecule has 0 radical (unpaired) electrons. The Morgan fingerprint density at radius 2 is 1.42 bits per heavy atom. The van der Waals surface area contributed by atoms with Crippen LogP contribution in [0.3, 0.4) is 0 Å². The topological polar surface area (TPSA) is 0 Å². The molecule has 0 aliphatic heterocycles. The van der Waals surface area contributed by atoms with Crippen LogP contribution < -0.4 is 24.8 Å². The molecule has 0 aromatic rings. The Kier molecular flexibility index (Phi) is 7.23. The van der Waals surface area contributed by atoms with E-state index in [4.69, 9.17) is 0 Å². The van der Waals surface area contributed by atoms with Gasteiger partial charge in [-0.25, -0.2) is 0 Å². The Hall–Kier alpha value is 0.943. The van der Waals surface area contributed by atoms with Crippen molar-refractivity contribution in [2.75, 3.05) is 0 Å². The Labute approximate surface area is 103 Å². The predicted molar refractivity (Wildman–Crippen MR) is 40.2 cm³/mol. The first kappa shape index (κ1) is 15.4. The van der Waals surface area contributed by atoms with Crippen LogP contribution in [0.5, 0.6) is 0 Å². The maximum Gasteiger partial charge on any atom is -1.00 e. The molecule has 67 valence electrons. The third-order valence-corrected chi connectivity index (χ3v) is 4.63. The molecule has 0 fully saturated rings. The SMILES string of the molecule is CC1=C(C)C(C)[C]([Zr+2])=C1C.[Cl-].[Cl-]. The second-order valence-electron chi connectivity index (χ2n) is 3.07. The van der Waals surface area contributed by atoms with Crippen molar-refractivity contribution < 1.29 is 49.5 Å². The van der Waals surface area contributed by atoms with Gasteiger partial charge in [-0.3, -0.25) is 0 Å². The molecular weight excluding hydrogens is 270 g/mol. The summed E-state index contributed by atoms with van der Waals surface area (Å²) in [5.74, 6) is 0.734. The Bertz CT molecular complexity index is 205. The minimum absolute atomic E-state index is 0. The molecule has 1 aliphatic carbocycles. The van der Waals surface area contributed by atoms with Crippen molar-refractivity contribution in [2.24, 2.45) is 5.92 Å². The smallest absolute Gasteiger partial charge is 1.00 e. The van der Waals surface area contributed by atoms with Gasteiger partial charge in [0.1, 0.15) is 0 Å². The zero-order valence-corrected chi connectivity index (χ0v) is 11.8. The molecule has 0 spiro atoms. The number of hydrogen-bond acceptors (Lipinski definition) is 0. The van der Waals surface area contributed by atoms with Gasteiger partial charge >= 0.3 is 78.3 Å². The predicted octanol–water partition coefficient (Wildman–Crippen LogP) is -3.20. The summed E-state index contributed by atoms with van der Waals surface area (Å²) in [5, 5.41) is 0. The largest absolute Gasteiger partial charge is 1.00 e. The summed E-state index contributed by atoms with van der Waals surface area (Å²) in [6, 6.07) is 0. The van der Waals surface area contributed by atoms with E-state index in [-0.39, 0.29) is 24.8 Å². The molecule has 0 amide bonds. The second-order valence-corrected chi connectivity index (χ2v) is 4.39. The number of rotatable bonds is 0. The molecule has 0 aromatic heterocycles. The first-order valence-electron chi connectivity index (χ1n) is 3.65. The molecule has 12 heavy (non-hydrogen) atoms. The van der Waals surface area contributed by atoms with Crippen LogP contribution in [0, 0.1) is 5.92 Å². The van der Waals surface area contributed by atoms with Gasteiger partial charge in [0.05, 0.1) is 0 Å². The van der Waals surface area contributed by atoms with Crippen molar-refractivity contribution in [1.29, 1.82) is 0 Å². The van der Waals surface area contributed by atoms with Crippen LogP contribution in [-0.4, -0.2) is 0 Å². The van der Waals surface area contributed by atoms with Crippen LogP contribution in [-0.2, 0) is 24.7 Å². The molecule has 1 rings (SSSR count). The van der Waals surface area contributed by atoms with Gasteiger partial charge in [-0.15, -0.1) is 0 Å². The quantitative estimate of drug-likeness (QED) is 0.439. The van der Waals surface area contributed by atoms with Gasteiger partial charge in [0, 0.05) is 0 Å². The van der Waals surface area contributed by atoms with Crippen molar-refractivity contribution in [3.63, 3.8) is 0 Å². The molecule has 1 aliphatic rings. The normalized spacial score (nSPS) is 22.3. The first-order chi connectivity index (χ1) is 4.55. The fraction of sp³-hybridized carbons (Fsp3) is 0.556. The third kappa shape index (κ3) is 2.47. The first-order valence-corrected chi connectivity index (χ1v) is 4.88. The van der Waals surface area contributed by atoms with Crippen LogP contribution >= 0.6 is 0 Å². The molecule has 0 saturated carbocycles. The molecule has 0 nitrogen and oxygen atoms in total. The van der Waals surface area contributed by atoms with E-state index in [1.807, 2.05) is 0 Å². The van der Waals surface area contributed by atoms with E-state index in [2.05, 4.69) is 27.7 Å². The number of hydrogen-bond donors (Lipinski definition) is 0. The summed E-state index contributed by atoms with van der Waals surface area (Å²) in [6.07, 6.45) is 0. The van der Waals surface area contributed by atoms with E-state index in [9.17, 15) is 0 Å². The number of halogens is 2. The van der Waals surface area contributed by atoms with Gasteiger partial charge in [-0.05, 0) is 0 Å². The van der Waals surface area contributed by atoms with Gasteiger partial charge in [-0.2, -0.15) is 0 Å². The molecular formula is C9H13Cl2Zr. The average Bonchev–Trinajstić information content (AvgIpc) is 2.07. The third-order valence-electron chi connectivity index (χ3n) is 2.64. The van der Waals surface area contributed by atoms with Crippen molar-refractivity contribution in [3.05, 3.63) is 20.0 Å². The summed E-state index contributed by atoms with van der Waals surface area (Å²) in [5.41, 5.74) is 4.65. The molecule has 1 unspecified atom stereocenters. The summed E-state index contributed by atoms with van der Waals surface area (Å²) in [4.78, 5) is 0. The maximum absolute atomic E-state index is 2.30. The van der Waals surface area contributed by atoms with Gasteiger partial charge in [0.2, 0.25) is 0 Å². The summed E-state index contributed by atoms with van der Waals surface area (Å²) >= 11 is 1.59. The van der Waals surface area contributed by atoms with E-state index < -0.39 is 0 Å². The fourth-order valence-corrected chi connectivity index (χ4v) is 2.36. The van der Waals surface area contributed by atoms with Crippen LogP contribution in [0.4, 0.5) is 0 Å².